The van der Waals surface area contributed by atoms with Crippen LogP contribution >= 0.6 is 0 Å². The van der Waals surface area contributed by atoms with Gasteiger partial charge in [-0.05, 0) is 41.2 Å². The number of carbonyl (C=O) groups is 2. The molecule has 2 rings (SSSR count). The number of hydrogen-bond acceptors (Lipinski definition) is 5. The summed E-state index contributed by atoms with van der Waals surface area (Å²) in [7, 11) is 4.46. The van der Waals surface area contributed by atoms with Crippen molar-refractivity contribution in [2.45, 2.75) is 39.0 Å². The molecule has 0 radical (unpaired) electrons. The summed E-state index contributed by atoms with van der Waals surface area (Å²) in [6.07, 6.45) is 2.23. The zero-order valence-electron chi connectivity index (χ0n) is 18.6. The van der Waals surface area contributed by atoms with E-state index >= 15 is 0 Å². The lowest BCUT2D eigenvalue weighted by Crippen LogP contribution is -2.16. The van der Waals surface area contributed by atoms with Crippen LogP contribution in [0.2, 0.25) is 0 Å². The van der Waals surface area contributed by atoms with Gasteiger partial charge in [-0.3, -0.25) is 9.59 Å². The third kappa shape index (κ3) is 5.09. The number of Topliss-reactive ketones (excluding diaryl/α,β-unsaturated/α-hetero) is 2. The third-order valence-corrected chi connectivity index (χ3v) is 4.91. The van der Waals surface area contributed by atoms with E-state index in [0.29, 0.717) is 34.8 Å². The highest BCUT2D eigenvalue weighted by atomic mass is 16.5. The summed E-state index contributed by atoms with van der Waals surface area (Å²) in [6, 6.07) is 8.74. The highest BCUT2D eigenvalue weighted by molar-refractivity contribution is 6.14. The van der Waals surface area contributed by atoms with Crippen LogP contribution in [-0.4, -0.2) is 32.9 Å². The molecule has 2 aromatic rings. The van der Waals surface area contributed by atoms with Crippen LogP contribution in [0.3, 0.4) is 0 Å². The smallest absolute Gasteiger partial charge is 0.203 e. The fourth-order valence-electron chi connectivity index (χ4n) is 3.42. The minimum Gasteiger partial charge on any atom is -0.493 e. The maximum absolute atomic E-state index is 12.8. The fraction of sp³-hybridized carbons (Fsp3) is 0.360. The summed E-state index contributed by atoms with van der Waals surface area (Å²) < 4.78 is 15.9. The average molecular weight is 411 g/mol. The fourth-order valence-corrected chi connectivity index (χ4v) is 3.42. The molecule has 0 saturated heterocycles. The monoisotopic (exact) mass is 410 g/mol. The van der Waals surface area contributed by atoms with Crippen LogP contribution in [-0.2, 0) is 11.8 Å². The predicted molar refractivity (Wildman–Crippen MR) is 118 cm³/mol. The normalized spacial score (nSPS) is 11.0. The molecule has 0 aliphatic heterocycles. The lowest BCUT2D eigenvalue weighted by molar-refractivity contribution is 0.0893. The van der Waals surface area contributed by atoms with E-state index in [1.807, 2.05) is 18.2 Å². The van der Waals surface area contributed by atoms with E-state index in [9.17, 15) is 9.59 Å². The lowest BCUT2D eigenvalue weighted by atomic mass is 9.82. The van der Waals surface area contributed by atoms with Crippen molar-refractivity contribution in [1.82, 2.24) is 0 Å². The molecule has 0 aliphatic rings. The summed E-state index contributed by atoms with van der Waals surface area (Å²) in [4.78, 5) is 25.7. The molecule has 0 bridgehead atoms. The van der Waals surface area contributed by atoms with E-state index in [1.54, 1.807) is 18.2 Å². The minimum absolute atomic E-state index is 0.0497. The van der Waals surface area contributed by atoms with E-state index in [-0.39, 0.29) is 23.4 Å². The highest BCUT2D eigenvalue weighted by Gasteiger charge is 2.22. The first-order valence-electron chi connectivity index (χ1n) is 9.77. The molecule has 0 amide bonds. The molecule has 2 aromatic carbocycles. The molecule has 0 fully saturated rings. The first-order valence-corrected chi connectivity index (χ1v) is 9.77. The van der Waals surface area contributed by atoms with Gasteiger partial charge in [0.2, 0.25) is 5.75 Å². The Kier molecular flexibility index (Phi) is 7.43. The van der Waals surface area contributed by atoms with E-state index in [0.717, 1.165) is 11.1 Å². The first-order chi connectivity index (χ1) is 14.2. The molecular formula is C25H30O5. The molecule has 5 heteroatoms. The standard InChI is InChI=1S/C25H30O5/c1-8-9-16-12-17(10-11-19(16)25(2,3)4)20(26)15-21(27)18-13-22(28-5)24(30-7)23(14-18)29-6/h8,10-14H,1,9,15H2,2-7H3. The van der Waals surface area contributed by atoms with E-state index in [4.69, 9.17) is 14.2 Å². The van der Waals surface area contributed by atoms with E-state index in [1.165, 1.54) is 21.3 Å². The average Bonchev–Trinajstić information content (AvgIpc) is 2.71. The van der Waals surface area contributed by atoms with Gasteiger partial charge in [-0.25, -0.2) is 0 Å². The number of hydrogen-bond donors (Lipinski definition) is 0. The van der Waals surface area contributed by atoms with Gasteiger partial charge in [-0.1, -0.05) is 39.0 Å². The molecule has 0 unspecified atom stereocenters. The van der Waals surface area contributed by atoms with Crippen molar-refractivity contribution in [3.05, 3.63) is 65.2 Å². The molecule has 0 aromatic heterocycles. The number of methoxy groups -OCH3 is 3. The zero-order valence-corrected chi connectivity index (χ0v) is 18.6. The van der Waals surface area contributed by atoms with Gasteiger partial charge in [0.15, 0.2) is 23.1 Å². The quantitative estimate of drug-likeness (QED) is 0.323. The lowest BCUT2D eigenvalue weighted by Gasteiger charge is -2.23. The molecule has 160 valence electrons. The second-order valence-electron chi connectivity index (χ2n) is 8.05. The van der Waals surface area contributed by atoms with Crippen molar-refractivity contribution in [3.63, 3.8) is 0 Å². The van der Waals surface area contributed by atoms with E-state index in [2.05, 4.69) is 27.4 Å². The van der Waals surface area contributed by atoms with Crippen LogP contribution in [0.25, 0.3) is 0 Å². The Labute approximate surface area is 178 Å². The molecule has 0 atom stereocenters. The topological polar surface area (TPSA) is 61.8 Å². The molecule has 0 heterocycles. The number of rotatable bonds is 9. The van der Waals surface area contributed by atoms with Gasteiger partial charge < -0.3 is 14.2 Å². The van der Waals surface area contributed by atoms with Crippen molar-refractivity contribution >= 4 is 11.6 Å². The molecular weight excluding hydrogens is 380 g/mol. The Morgan fingerprint density at radius 1 is 0.900 bits per heavy atom. The first kappa shape index (κ1) is 23.2. The van der Waals surface area contributed by atoms with Crippen molar-refractivity contribution in [2.75, 3.05) is 21.3 Å². The summed E-state index contributed by atoms with van der Waals surface area (Å²) in [5, 5.41) is 0. The second-order valence-corrected chi connectivity index (χ2v) is 8.05. The van der Waals surface area contributed by atoms with Gasteiger partial charge in [-0.2, -0.15) is 0 Å². The van der Waals surface area contributed by atoms with Crippen LogP contribution in [0.5, 0.6) is 17.2 Å². The molecule has 5 nitrogen and oxygen atoms in total. The zero-order chi connectivity index (χ0) is 22.5. The Morgan fingerprint density at radius 2 is 1.47 bits per heavy atom. The molecule has 0 N–H and O–H groups in total. The van der Waals surface area contributed by atoms with Crippen molar-refractivity contribution in [1.29, 1.82) is 0 Å². The Balaban J connectivity index is 2.33. The van der Waals surface area contributed by atoms with Crippen molar-refractivity contribution in [2.24, 2.45) is 0 Å². The SMILES string of the molecule is C=CCc1cc(C(=O)CC(=O)c2cc(OC)c(OC)c(OC)c2)ccc1C(C)(C)C. The van der Waals surface area contributed by atoms with Gasteiger partial charge in [0.1, 0.15) is 0 Å². The van der Waals surface area contributed by atoms with Gasteiger partial charge in [0.05, 0.1) is 27.8 Å². The minimum atomic E-state index is -0.315. The van der Waals surface area contributed by atoms with Crippen LogP contribution in [0.1, 0.15) is 59.0 Å². The van der Waals surface area contributed by atoms with Gasteiger partial charge in [0.25, 0.3) is 0 Å². The number of allylic oxidation sites excluding steroid dienone is 1. The molecule has 30 heavy (non-hydrogen) atoms. The van der Waals surface area contributed by atoms with Gasteiger partial charge in [-0.15, -0.1) is 6.58 Å². The van der Waals surface area contributed by atoms with Gasteiger partial charge >= 0.3 is 0 Å². The summed E-state index contributed by atoms with van der Waals surface area (Å²) in [5.41, 5.74) is 3.00. The molecule has 0 saturated carbocycles. The van der Waals surface area contributed by atoms with Crippen molar-refractivity contribution < 1.29 is 23.8 Å². The number of ketones is 2. The Hall–Kier alpha value is -3.08. The van der Waals surface area contributed by atoms with Crippen LogP contribution in [0.15, 0.2) is 43.0 Å². The maximum atomic E-state index is 12.8. The second kappa shape index (κ2) is 9.61. The Morgan fingerprint density at radius 3 is 1.93 bits per heavy atom. The van der Waals surface area contributed by atoms with Crippen LogP contribution in [0, 0.1) is 0 Å². The van der Waals surface area contributed by atoms with E-state index < -0.39 is 0 Å². The van der Waals surface area contributed by atoms with Crippen LogP contribution in [0.4, 0.5) is 0 Å². The summed E-state index contributed by atoms with van der Waals surface area (Å²) in [5.74, 6) is 0.588. The number of ether oxygens (including phenoxy) is 3. The Bertz CT molecular complexity index is 925. The number of carbonyl (C=O) groups excluding carboxylic acids is 2. The van der Waals surface area contributed by atoms with Gasteiger partial charge in [0, 0.05) is 11.1 Å². The molecule has 0 spiro atoms. The van der Waals surface area contributed by atoms with Crippen molar-refractivity contribution in [3.8, 4) is 17.2 Å². The highest BCUT2D eigenvalue weighted by Crippen LogP contribution is 2.38. The third-order valence-electron chi connectivity index (χ3n) is 4.91. The number of benzene rings is 2. The maximum Gasteiger partial charge on any atom is 0.203 e. The largest absolute Gasteiger partial charge is 0.493 e. The summed E-state index contributed by atoms with van der Waals surface area (Å²) >= 11 is 0. The summed E-state index contributed by atoms with van der Waals surface area (Å²) in [6.45, 7) is 10.2. The predicted octanol–water partition coefficient (Wildman–Crippen LogP) is 5.19. The molecule has 0 aliphatic carbocycles. The van der Waals surface area contributed by atoms with Crippen LogP contribution < -0.4 is 14.2 Å².